The van der Waals surface area contributed by atoms with Gasteiger partial charge in [-0.05, 0) is 24.3 Å². The van der Waals surface area contributed by atoms with Crippen molar-refractivity contribution in [3.8, 4) is 5.75 Å². The maximum absolute atomic E-state index is 14.1. The lowest BCUT2D eigenvalue weighted by molar-refractivity contribution is 0.0802. The molecular formula is C17H9BrF2INO4S. The van der Waals surface area contributed by atoms with Crippen LogP contribution in [0, 0.1) is 11.6 Å². The summed E-state index contributed by atoms with van der Waals surface area (Å²) >= 11 is 6.06. The Hall–Kier alpha value is -1.79. The molecular weight excluding hydrogens is 559 g/mol. The van der Waals surface area contributed by atoms with Gasteiger partial charge in [0.2, 0.25) is 5.91 Å². The van der Waals surface area contributed by atoms with Crippen LogP contribution in [0.4, 0.5) is 8.78 Å². The van der Waals surface area contributed by atoms with E-state index in [1.54, 1.807) is 18.2 Å². The zero-order valence-electron chi connectivity index (χ0n) is 13.2. The Labute approximate surface area is 178 Å². The summed E-state index contributed by atoms with van der Waals surface area (Å²) in [6.45, 7) is -0.284. The maximum Gasteiger partial charge on any atom is 0.358 e. The number of carbonyl (C=O) groups is 2. The van der Waals surface area contributed by atoms with E-state index in [4.69, 9.17) is 13.5 Å². The standard InChI is InChI=1S/C17H9BrF2INO4S/c18-9-2-1-3-12-13(9)8(15(27-12)17(24)26-21)6-25-14-10(19)4-7(16(22)23)5-11(14)20/h1-5H,6H2,(H2,22,23). The molecule has 2 N–H and O–H groups in total. The van der Waals surface area contributed by atoms with E-state index in [9.17, 15) is 18.4 Å². The van der Waals surface area contributed by atoms with E-state index in [-0.39, 0.29) is 17.0 Å². The molecule has 0 fully saturated rings. The molecule has 5 nitrogen and oxygen atoms in total. The molecule has 0 aliphatic carbocycles. The number of hydrogen-bond acceptors (Lipinski definition) is 5. The summed E-state index contributed by atoms with van der Waals surface area (Å²) < 4.78 is 39.9. The van der Waals surface area contributed by atoms with Gasteiger partial charge in [0.1, 0.15) is 11.5 Å². The van der Waals surface area contributed by atoms with E-state index in [0.717, 1.165) is 16.8 Å². The average molecular weight is 568 g/mol. The summed E-state index contributed by atoms with van der Waals surface area (Å²) in [7, 11) is 0. The summed E-state index contributed by atoms with van der Waals surface area (Å²) in [5.41, 5.74) is 5.15. The van der Waals surface area contributed by atoms with E-state index in [1.807, 2.05) is 0 Å². The minimum Gasteiger partial charge on any atom is -0.483 e. The predicted molar refractivity (Wildman–Crippen MR) is 108 cm³/mol. The molecule has 0 atom stereocenters. The Morgan fingerprint density at radius 2 is 1.89 bits per heavy atom. The number of hydrogen-bond donors (Lipinski definition) is 1. The van der Waals surface area contributed by atoms with Crippen LogP contribution in [0.25, 0.3) is 10.1 Å². The maximum atomic E-state index is 14.1. The number of benzene rings is 2. The highest BCUT2D eigenvalue weighted by Gasteiger charge is 2.23. The van der Waals surface area contributed by atoms with Gasteiger partial charge < -0.3 is 13.5 Å². The highest BCUT2D eigenvalue weighted by molar-refractivity contribution is 14.1. The second-order valence-corrected chi connectivity index (χ2v) is 7.66. The molecule has 0 saturated heterocycles. The Balaban J connectivity index is 2.03. The van der Waals surface area contributed by atoms with Gasteiger partial charge in [-0.1, -0.05) is 22.0 Å². The Morgan fingerprint density at radius 3 is 2.48 bits per heavy atom. The third-order valence-electron chi connectivity index (χ3n) is 3.66. The van der Waals surface area contributed by atoms with Gasteiger partial charge >= 0.3 is 5.97 Å². The van der Waals surface area contributed by atoms with Crippen LogP contribution in [0.3, 0.4) is 0 Å². The van der Waals surface area contributed by atoms with Crippen molar-refractivity contribution in [3.63, 3.8) is 0 Å². The number of amides is 1. The van der Waals surface area contributed by atoms with Crippen LogP contribution < -0.4 is 10.5 Å². The molecule has 140 valence electrons. The van der Waals surface area contributed by atoms with E-state index in [2.05, 4.69) is 15.9 Å². The van der Waals surface area contributed by atoms with Gasteiger partial charge in [0.05, 0.1) is 0 Å². The number of nitrogens with two attached hydrogens (primary N) is 1. The van der Waals surface area contributed by atoms with E-state index < -0.39 is 29.3 Å². The van der Waals surface area contributed by atoms with Gasteiger partial charge in [-0.25, -0.2) is 13.6 Å². The average Bonchev–Trinajstić information content (AvgIpc) is 3.00. The molecule has 10 heteroatoms. The van der Waals surface area contributed by atoms with Crippen LogP contribution >= 0.6 is 50.3 Å². The van der Waals surface area contributed by atoms with Gasteiger partial charge in [0, 0.05) is 25.7 Å². The number of thiophene rings is 1. The summed E-state index contributed by atoms with van der Waals surface area (Å²) in [4.78, 5) is 23.4. The molecule has 1 heterocycles. The first-order valence-electron chi connectivity index (χ1n) is 7.28. The number of primary amides is 1. The van der Waals surface area contributed by atoms with Gasteiger partial charge in [-0.15, -0.1) is 11.3 Å². The molecule has 0 aliphatic heterocycles. The quantitative estimate of drug-likeness (QED) is 0.434. The topological polar surface area (TPSA) is 78.6 Å². The summed E-state index contributed by atoms with van der Waals surface area (Å²) in [5.74, 6) is -4.35. The molecule has 0 unspecified atom stereocenters. The van der Waals surface area contributed by atoms with Crippen molar-refractivity contribution in [3.05, 3.63) is 62.4 Å². The lowest BCUT2D eigenvalue weighted by Gasteiger charge is -2.10. The van der Waals surface area contributed by atoms with Crippen molar-refractivity contribution in [2.45, 2.75) is 6.61 Å². The first-order chi connectivity index (χ1) is 12.8. The van der Waals surface area contributed by atoms with Crippen molar-refractivity contribution in [2.24, 2.45) is 5.73 Å². The lowest BCUT2D eigenvalue weighted by Crippen LogP contribution is -2.12. The molecule has 2 aromatic carbocycles. The molecule has 0 saturated carbocycles. The molecule has 3 rings (SSSR count). The van der Waals surface area contributed by atoms with Gasteiger partial charge in [-0.2, -0.15) is 0 Å². The summed E-state index contributed by atoms with van der Waals surface area (Å²) in [6.07, 6.45) is 0. The van der Waals surface area contributed by atoms with Crippen molar-refractivity contribution < 1.29 is 26.2 Å². The normalized spacial score (nSPS) is 10.8. The van der Waals surface area contributed by atoms with Crippen molar-refractivity contribution >= 4 is 72.2 Å². The molecule has 0 aliphatic rings. The molecule has 0 radical (unpaired) electrons. The highest BCUT2D eigenvalue weighted by Crippen LogP contribution is 2.38. The van der Waals surface area contributed by atoms with Gasteiger partial charge in [-0.3, -0.25) is 4.79 Å². The van der Waals surface area contributed by atoms with E-state index in [0.29, 0.717) is 15.4 Å². The minimum absolute atomic E-state index is 0.265. The predicted octanol–water partition coefficient (Wildman–Crippen LogP) is 5.13. The highest BCUT2D eigenvalue weighted by atomic mass is 127. The monoisotopic (exact) mass is 567 g/mol. The number of rotatable bonds is 5. The zero-order valence-corrected chi connectivity index (χ0v) is 17.8. The zero-order chi connectivity index (χ0) is 19.7. The van der Waals surface area contributed by atoms with Gasteiger partial charge in [0.15, 0.2) is 40.4 Å². The van der Waals surface area contributed by atoms with Crippen LogP contribution in [0.2, 0.25) is 0 Å². The van der Waals surface area contributed by atoms with Crippen LogP contribution in [0.5, 0.6) is 5.75 Å². The van der Waals surface area contributed by atoms with E-state index >= 15 is 0 Å². The molecule has 1 amide bonds. The second-order valence-electron chi connectivity index (χ2n) is 5.31. The van der Waals surface area contributed by atoms with Crippen molar-refractivity contribution in [2.75, 3.05) is 0 Å². The second kappa shape index (κ2) is 8.07. The van der Waals surface area contributed by atoms with Crippen molar-refractivity contribution in [1.29, 1.82) is 0 Å². The van der Waals surface area contributed by atoms with Crippen molar-refractivity contribution in [1.82, 2.24) is 0 Å². The molecule has 3 aromatic rings. The van der Waals surface area contributed by atoms with Crippen LogP contribution in [-0.4, -0.2) is 11.9 Å². The Morgan fingerprint density at radius 1 is 1.22 bits per heavy atom. The third kappa shape index (κ3) is 3.92. The molecule has 1 aromatic heterocycles. The first kappa shape index (κ1) is 20.0. The number of halogens is 4. The number of ether oxygens (including phenoxy) is 1. The molecule has 27 heavy (non-hydrogen) atoms. The molecule has 0 spiro atoms. The molecule has 0 bridgehead atoms. The lowest BCUT2D eigenvalue weighted by atomic mass is 10.1. The third-order valence-corrected chi connectivity index (χ3v) is 5.90. The smallest absolute Gasteiger partial charge is 0.358 e. The fourth-order valence-corrected chi connectivity index (χ4v) is 4.71. The minimum atomic E-state index is -1.07. The SMILES string of the molecule is NC(=O)c1cc(F)c(OCc2c(C(=O)OI)sc3cccc(Br)c23)c(F)c1. The van der Waals surface area contributed by atoms with Crippen LogP contribution in [-0.2, 0) is 9.67 Å². The van der Waals surface area contributed by atoms with Crippen LogP contribution in [0.1, 0.15) is 25.6 Å². The fourth-order valence-electron chi connectivity index (χ4n) is 2.49. The fraction of sp³-hybridized carbons (Fsp3) is 0.0588. The summed E-state index contributed by atoms with van der Waals surface area (Å²) in [6, 6.07) is 6.97. The number of fused-ring (bicyclic) bond motifs is 1. The summed E-state index contributed by atoms with van der Waals surface area (Å²) in [5, 5.41) is 0.689. The largest absolute Gasteiger partial charge is 0.483 e. The van der Waals surface area contributed by atoms with E-state index in [1.165, 1.54) is 34.3 Å². The Bertz CT molecular complexity index is 1050. The first-order valence-corrected chi connectivity index (χ1v) is 9.77. The number of carbonyl (C=O) groups excluding carboxylic acids is 2. The van der Waals surface area contributed by atoms with Crippen LogP contribution in [0.15, 0.2) is 34.8 Å². The van der Waals surface area contributed by atoms with Gasteiger partial charge in [0.25, 0.3) is 0 Å². The Kier molecular flexibility index (Phi) is 5.96.